The van der Waals surface area contributed by atoms with Crippen molar-refractivity contribution >= 4 is 27.7 Å². The number of carbonyl (C=O) groups is 1. The molecule has 0 unspecified atom stereocenters. The van der Waals surface area contributed by atoms with Crippen LogP contribution in [0.15, 0.2) is 53.6 Å². The standard InChI is InChI=1S/C31H23F10N3O6S/c1-30(2,3)43(4)29(45)44(19-12-18(33)16(11-21(19)48-5)14-6-8-17(32)20(10-14)49-31(39,40)41)22-9-7-15(13-42-22)51(46,47)50-28-26(37)24(35)23(34)25(36)27(28)38/h6-13H,1-5H3. The molecule has 2 amide bonds. The van der Waals surface area contributed by atoms with Gasteiger partial charge in [0, 0.05) is 24.2 Å². The average Bonchev–Trinajstić information content (AvgIpc) is 3.05. The number of amides is 2. The lowest BCUT2D eigenvalue weighted by atomic mass is 10.0. The van der Waals surface area contributed by atoms with E-state index >= 15 is 4.39 Å². The fourth-order valence-electron chi connectivity index (χ4n) is 4.21. The Labute approximate surface area is 282 Å². The number of alkyl halides is 3. The predicted molar refractivity (Wildman–Crippen MR) is 158 cm³/mol. The Morgan fingerprint density at radius 1 is 0.784 bits per heavy atom. The summed E-state index contributed by atoms with van der Waals surface area (Å²) in [6.45, 7) is 4.83. The molecule has 0 aliphatic heterocycles. The number of hydrogen-bond donors (Lipinski definition) is 0. The van der Waals surface area contributed by atoms with Crippen LogP contribution in [0.3, 0.4) is 0 Å². The van der Waals surface area contributed by atoms with Crippen molar-refractivity contribution in [3.8, 4) is 28.4 Å². The van der Waals surface area contributed by atoms with E-state index in [2.05, 4.69) is 13.9 Å². The second kappa shape index (κ2) is 13.8. The van der Waals surface area contributed by atoms with Gasteiger partial charge in [-0.1, -0.05) is 6.07 Å². The molecule has 4 aromatic rings. The van der Waals surface area contributed by atoms with E-state index in [1.165, 1.54) is 7.05 Å². The van der Waals surface area contributed by atoms with Gasteiger partial charge in [-0.25, -0.2) is 36.6 Å². The van der Waals surface area contributed by atoms with Crippen molar-refractivity contribution in [2.24, 2.45) is 0 Å². The number of nitrogens with zero attached hydrogens (tertiary/aromatic N) is 3. The van der Waals surface area contributed by atoms with Crippen molar-refractivity contribution in [3.63, 3.8) is 0 Å². The molecule has 1 heterocycles. The van der Waals surface area contributed by atoms with Gasteiger partial charge in [0.1, 0.15) is 22.3 Å². The van der Waals surface area contributed by atoms with Gasteiger partial charge >= 0.3 is 22.5 Å². The van der Waals surface area contributed by atoms with E-state index in [0.29, 0.717) is 24.4 Å². The molecule has 0 bridgehead atoms. The van der Waals surface area contributed by atoms with Crippen LogP contribution in [0.5, 0.6) is 17.2 Å². The molecule has 0 aliphatic rings. The van der Waals surface area contributed by atoms with Crippen molar-refractivity contribution in [1.29, 1.82) is 0 Å². The van der Waals surface area contributed by atoms with Crippen LogP contribution in [-0.4, -0.2) is 50.4 Å². The Hall–Kier alpha value is -5.27. The highest BCUT2D eigenvalue weighted by atomic mass is 32.2. The maximum absolute atomic E-state index is 15.8. The second-order valence-electron chi connectivity index (χ2n) is 11.3. The van der Waals surface area contributed by atoms with Crippen LogP contribution < -0.4 is 18.6 Å². The summed E-state index contributed by atoms with van der Waals surface area (Å²) in [7, 11) is -2.93. The van der Waals surface area contributed by atoms with Gasteiger partial charge in [-0.2, -0.15) is 17.2 Å². The van der Waals surface area contributed by atoms with Gasteiger partial charge in [-0.05, 0) is 56.7 Å². The van der Waals surface area contributed by atoms with E-state index in [1.54, 1.807) is 20.8 Å². The molecule has 9 nitrogen and oxygen atoms in total. The highest BCUT2D eigenvalue weighted by molar-refractivity contribution is 7.87. The van der Waals surface area contributed by atoms with E-state index in [0.717, 1.165) is 41.2 Å². The number of benzene rings is 3. The van der Waals surface area contributed by atoms with Gasteiger partial charge in [-0.3, -0.25) is 0 Å². The quantitative estimate of drug-likeness (QED) is 0.0772. The molecule has 0 N–H and O–H groups in total. The molecule has 0 fully saturated rings. The van der Waals surface area contributed by atoms with E-state index in [-0.39, 0.29) is 11.3 Å². The van der Waals surface area contributed by atoms with Crippen LogP contribution in [0.2, 0.25) is 0 Å². The first-order chi connectivity index (χ1) is 23.5. The highest BCUT2D eigenvalue weighted by Crippen LogP contribution is 2.41. The van der Waals surface area contributed by atoms with E-state index in [9.17, 15) is 52.7 Å². The van der Waals surface area contributed by atoms with Crippen molar-refractivity contribution < 1.29 is 70.8 Å². The average molecular weight is 756 g/mol. The summed E-state index contributed by atoms with van der Waals surface area (Å²) < 4.78 is 176. The Morgan fingerprint density at radius 3 is 1.88 bits per heavy atom. The van der Waals surface area contributed by atoms with Crippen molar-refractivity contribution in [1.82, 2.24) is 9.88 Å². The smallest absolute Gasteiger partial charge is 0.495 e. The summed E-state index contributed by atoms with van der Waals surface area (Å²) in [5.74, 6) is -19.4. The molecule has 20 heteroatoms. The number of pyridine rings is 1. The van der Waals surface area contributed by atoms with Crippen LogP contribution in [0.4, 0.5) is 60.2 Å². The van der Waals surface area contributed by atoms with Crippen molar-refractivity contribution in [3.05, 3.63) is 89.4 Å². The summed E-state index contributed by atoms with van der Waals surface area (Å²) >= 11 is 0. The first-order valence-corrected chi connectivity index (χ1v) is 15.3. The lowest BCUT2D eigenvalue weighted by molar-refractivity contribution is -0.275. The normalized spacial score (nSPS) is 12.1. The van der Waals surface area contributed by atoms with E-state index < -0.39 is 102 Å². The molecule has 4 rings (SSSR count). The molecular formula is C31H23F10N3O6S. The Kier molecular flexibility index (Phi) is 10.4. The number of urea groups is 1. The largest absolute Gasteiger partial charge is 0.573 e. The minimum atomic E-state index is -5.35. The third-order valence-corrected chi connectivity index (χ3v) is 8.27. The molecule has 0 radical (unpaired) electrons. The van der Waals surface area contributed by atoms with Crippen LogP contribution in [0.25, 0.3) is 11.1 Å². The molecule has 274 valence electrons. The van der Waals surface area contributed by atoms with Gasteiger partial charge in [0.05, 0.1) is 19.0 Å². The Balaban J connectivity index is 1.83. The number of anilines is 2. The summed E-state index contributed by atoms with van der Waals surface area (Å²) in [5.41, 5.74) is -2.05. The lowest BCUT2D eigenvalue weighted by Crippen LogP contribution is -2.48. The molecule has 0 spiro atoms. The summed E-state index contributed by atoms with van der Waals surface area (Å²) in [6.07, 6.45) is -4.79. The van der Waals surface area contributed by atoms with Crippen LogP contribution in [0, 0.1) is 40.7 Å². The lowest BCUT2D eigenvalue weighted by Gasteiger charge is -2.36. The second-order valence-corrected chi connectivity index (χ2v) is 12.9. The minimum absolute atomic E-state index is 0.302. The topological polar surface area (TPSA) is 98.3 Å². The molecule has 0 atom stereocenters. The zero-order chi connectivity index (χ0) is 38.4. The molecular weight excluding hydrogens is 732 g/mol. The van der Waals surface area contributed by atoms with Crippen molar-refractivity contribution in [2.75, 3.05) is 19.1 Å². The number of carbonyl (C=O) groups excluding carboxylic acids is 1. The van der Waals surface area contributed by atoms with E-state index in [1.807, 2.05) is 0 Å². The van der Waals surface area contributed by atoms with Gasteiger partial charge in [0.15, 0.2) is 11.6 Å². The van der Waals surface area contributed by atoms with Crippen LogP contribution in [-0.2, 0) is 10.1 Å². The maximum Gasteiger partial charge on any atom is 0.573 e. The van der Waals surface area contributed by atoms with Crippen LogP contribution in [0.1, 0.15) is 20.8 Å². The number of aromatic nitrogens is 1. The zero-order valence-electron chi connectivity index (χ0n) is 26.6. The molecule has 0 saturated heterocycles. The fourth-order valence-corrected chi connectivity index (χ4v) is 5.08. The zero-order valence-corrected chi connectivity index (χ0v) is 27.4. The maximum atomic E-state index is 15.8. The number of halogens is 10. The number of methoxy groups -OCH3 is 1. The summed E-state index contributed by atoms with van der Waals surface area (Å²) in [5, 5.41) is 0. The molecule has 1 aromatic heterocycles. The highest BCUT2D eigenvalue weighted by Gasteiger charge is 2.35. The van der Waals surface area contributed by atoms with E-state index in [4.69, 9.17) is 4.74 Å². The van der Waals surface area contributed by atoms with Gasteiger partial charge in [0.2, 0.25) is 34.8 Å². The number of ether oxygens (including phenoxy) is 2. The predicted octanol–water partition coefficient (Wildman–Crippen LogP) is 8.39. The van der Waals surface area contributed by atoms with Gasteiger partial charge < -0.3 is 18.6 Å². The Bertz CT molecular complexity index is 2080. The molecule has 0 saturated carbocycles. The Morgan fingerprint density at radius 2 is 1.37 bits per heavy atom. The summed E-state index contributed by atoms with van der Waals surface area (Å²) in [4.78, 5) is 18.6. The fraction of sp³-hybridized carbons (Fsp3) is 0.226. The number of rotatable bonds is 8. The minimum Gasteiger partial charge on any atom is -0.495 e. The SMILES string of the molecule is COc1cc(-c2ccc(F)c(OC(F)(F)F)c2)c(F)cc1N(C(=O)N(C)C(C)(C)C)c1ccc(S(=O)(=O)Oc2c(F)c(F)c(F)c(F)c2F)cn1. The first-order valence-electron chi connectivity index (χ1n) is 13.9. The van der Waals surface area contributed by atoms with Gasteiger partial charge in [-0.15, -0.1) is 13.2 Å². The van der Waals surface area contributed by atoms with Crippen molar-refractivity contribution in [2.45, 2.75) is 37.6 Å². The third-order valence-electron chi connectivity index (χ3n) is 7.06. The molecule has 0 aliphatic carbocycles. The molecule has 3 aromatic carbocycles. The van der Waals surface area contributed by atoms with Crippen LogP contribution >= 0.6 is 0 Å². The van der Waals surface area contributed by atoms with Gasteiger partial charge in [0.25, 0.3) is 0 Å². The molecule has 51 heavy (non-hydrogen) atoms. The third kappa shape index (κ3) is 7.89. The monoisotopic (exact) mass is 755 g/mol. The summed E-state index contributed by atoms with van der Waals surface area (Å²) in [6, 6.07) is 4.38. The first kappa shape index (κ1) is 38.5. The number of hydrogen-bond acceptors (Lipinski definition) is 7.